The Labute approximate surface area is 161 Å². The molecule has 0 unspecified atom stereocenters. The molecule has 0 atom stereocenters. The van der Waals surface area contributed by atoms with Gasteiger partial charge in [0.1, 0.15) is 5.82 Å². The highest BCUT2D eigenvalue weighted by Crippen LogP contribution is 2.34. The third-order valence-corrected chi connectivity index (χ3v) is 4.44. The molecule has 0 bridgehead atoms. The van der Waals surface area contributed by atoms with Gasteiger partial charge in [-0.05, 0) is 18.6 Å². The molecule has 156 valence electrons. The van der Waals surface area contributed by atoms with Crippen LogP contribution >= 0.6 is 0 Å². The molecule has 1 aliphatic heterocycles. The highest BCUT2D eigenvalue weighted by molar-refractivity contribution is 6.07. The highest BCUT2D eigenvalue weighted by atomic mass is 19.4. The largest absolute Gasteiger partial charge is 0.417 e. The van der Waals surface area contributed by atoms with Crippen molar-refractivity contribution in [1.29, 1.82) is 0 Å². The molecule has 0 radical (unpaired) electrons. The molecule has 3 rings (SSSR count). The van der Waals surface area contributed by atoms with Crippen LogP contribution in [-0.2, 0) is 6.18 Å². The number of halogens is 6. The third kappa shape index (κ3) is 5.15. The summed E-state index contributed by atoms with van der Waals surface area (Å²) in [6.07, 6.45) is -3.90. The Morgan fingerprint density at radius 3 is 2.59 bits per heavy atom. The fraction of sp³-hybridized carbons (Fsp3) is 0.389. The Balaban J connectivity index is 1.96. The van der Waals surface area contributed by atoms with Crippen molar-refractivity contribution in [3.8, 4) is 0 Å². The van der Waals surface area contributed by atoms with Gasteiger partial charge in [0.2, 0.25) is 11.9 Å². The fourth-order valence-corrected chi connectivity index (χ4v) is 2.99. The molecule has 2 aromatic heterocycles. The van der Waals surface area contributed by atoms with Crippen molar-refractivity contribution >= 4 is 17.4 Å². The number of rotatable bonds is 3. The summed E-state index contributed by atoms with van der Waals surface area (Å²) in [5.74, 6) is -4.89. The summed E-state index contributed by atoms with van der Waals surface area (Å²) in [5, 5.41) is 2.29. The molecule has 3 heterocycles. The van der Waals surface area contributed by atoms with Crippen LogP contribution in [-0.4, -0.2) is 34.9 Å². The van der Waals surface area contributed by atoms with Crippen molar-refractivity contribution in [1.82, 2.24) is 9.97 Å². The molecule has 11 heteroatoms. The van der Waals surface area contributed by atoms with Crippen LogP contribution in [0.3, 0.4) is 0 Å². The second kappa shape index (κ2) is 7.88. The molecule has 1 N–H and O–H groups in total. The average Bonchev–Trinajstić information content (AvgIpc) is 2.81. The predicted octanol–water partition coefficient (Wildman–Crippen LogP) is 4.51. The summed E-state index contributed by atoms with van der Waals surface area (Å²) in [7, 11) is 0. The first-order valence-corrected chi connectivity index (χ1v) is 8.68. The van der Waals surface area contributed by atoms with Gasteiger partial charge in [-0.1, -0.05) is 0 Å². The van der Waals surface area contributed by atoms with Gasteiger partial charge >= 0.3 is 6.18 Å². The summed E-state index contributed by atoms with van der Waals surface area (Å²) < 4.78 is 79.8. The minimum absolute atomic E-state index is 0.0201. The van der Waals surface area contributed by atoms with Crippen LogP contribution in [0.25, 0.3) is 0 Å². The minimum Gasteiger partial charge on any atom is -0.356 e. The van der Waals surface area contributed by atoms with E-state index in [1.165, 1.54) is 11.0 Å². The number of nitrogens with one attached hydrogen (secondary N) is 1. The molecule has 1 aliphatic rings. The second-order valence-corrected chi connectivity index (χ2v) is 6.61. The number of hydrogen-bond donors (Lipinski definition) is 1. The normalized spacial score (nSPS) is 17.0. The van der Waals surface area contributed by atoms with Gasteiger partial charge in [-0.25, -0.2) is 18.7 Å². The summed E-state index contributed by atoms with van der Waals surface area (Å²) >= 11 is 0. The smallest absolute Gasteiger partial charge is 0.356 e. The molecule has 1 saturated heterocycles. The van der Waals surface area contributed by atoms with Gasteiger partial charge < -0.3 is 10.2 Å². The number of carbonyl (C=O) groups excluding carboxylic acids is 1. The first-order chi connectivity index (χ1) is 13.5. The van der Waals surface area contributed by atoms with E-state index in [0.29, 0.717) is 12.3 Å². The lowest BCUT2D eigenvalue weighted by Crippen LogP contribution is -2.30. The molecule has 0 saturated carbocycles. The van der Waals surface area contributed by atoms with Crippen LogP contribution in [0.2, 0.25) is 0 Å². The first-order valence-electron chi connectivity index (χ1n) is 8.68. The van der Waals surface area contributed by atoms with E-state index in [9.17, 15) is 31.1 Å². The lowest BCUT2D eigenvalue weighted by atomic mass is 10.1. The van der Waals surface area contributed by atoms with Crippen LogP contribution in [0, 0.1) is 5.95 Å². The van der Waals surface area contributed by atoms with Crippen LogP contribution in [0.4, 0.5) is 37.8 Å². The molecule has 1 fully saturated rings. The summed E-state index contributed by atoms with van der Waals surface area (Å²) in [5.41, 5.74) is -1.62. The summed E-state index contributed by atoms with van der Waals surface area (Å²) in [6.45, 7) is -0.0619. The van der Waals surface area contributed by atoms with E-state index in [1.807, 2.05) is 0 Å². The zero-order chi connectivity index (χ0) is 21.2. The molecule has 0 spiro atoms. The van der Waals surface area contributed by atoms with E-state index in [-0.39, 0.29) is 37.4 Å². The standard InChI is InChI=1S/C18H16F6N4O/c19-14-9-12(2-5-25-14)27-16(29)13-8-11(18(22,23)24)10-26-15(13)28-6-1-3-17(20,21)4-7-28/h2,5,8-10H,1,3-4,6-7H2,(H,25,27,29). The Morgan fingerprint density at radius 2 is 1.90 bits per heavy atom. The van der Waals surface area contributed by atoms with E-state index in [0.717, 1.165) is 12.3 Å². The maximum absolute atomic E-state index is 13.6. The van der Waals surface area contributed by atoms with E-state index in [1.54, 1.807) is 0 Å². The molecule has 0 aromatic carbocycles. The Kier molecular flexibility index (Phi) is 5.67. The number of alkyl halides is 5. The number of aromatic nitrogens is 2. The van der Waals surface area contributed by atoms with E-state index in [4.69, 9.17) is 0 Å². The van der Waals surface area contributed by atoms with E-state index < -0.39 is 41.5 Å². The predicted molar refractivity (Wildman–Crippen MR) is 92.4 cm³/mol. The maximum atomic E-state index is 13.6. The molecule has 1 amide bonds. The van der Waals surface area contributed by atoms with Crippen molar-refractivity contribution in [2.24, 2.45) is 0 Å². The molecule has 0 aliphatic carbocycles. The highest BCUT2D eigenvalue weighted by Gasteiger charge is 2.35. The Bertz CT molecular complexity index is 902. The monoisotopic (exact) mass is 418 g/mol. The Hall–Kier alpha value is -2.85. The Morgan fingerprint density at radius 1 is 1.14 bits per heavy atom. The number of hydrogen-bond acceptors (Lipinski definition) is 4. The molecular formula is C18H16F6N4O. The van der Waals surface area contributed by atoms with Crippen molar-refractivity contribution < 1.29 is 31.1 Å². The van der Waals surface area contributed by atoms with E-state index >= 15 is 0 Å². The van der Waals surface area contributed by atoms with Crippen LogP contribution in [0.5, 0.6) is 0 Å². The number of carbonyl (C=O) groups is 1. The first kappa shape index (κ1) is 20.9. The summed E-state index contributed by atoms with van der Waals surface area (Å²) in [4.78, 5) is 21.1. The number of pyridine rings is 2. The fourth-order valence-electron chi connectivity index (χ4n) is 2.99. The van der Waals surface area contributed by atoms with Crippen molar-refractivity contribution in [3.05, 3.63) is 47.7 Å². The van der Waals surface area contributed by atoms with Gasteiger partial charge in [-0.2, -0.15) is 17.6 Å². The van der Waals surface area contributed by atoms with E-state index in [2.05, 4.69) is 15.3 Å². The zero-order valence-electron chi connectivity index (χ0n) is 14.9. The zero-order valence-corrected chi connectivity index (χ0v) is 14.9. The molecule has 2 aromatic rings. The van der Waals surface area contributed by atoms with Gasteiger partial charge in [0.15, 0.2) is 0 Å². The average molecular weight is 418 g/mol. The van der Waals surface area contributed by atoms with Crippen molar-refractivity contribution in [2.75, 3.05) is 23.3 Å². The maximum Gasteiger partial charge on any atom is 0.417 e. The lowest BCUT2D eigenvalue weighted by Gasteiger charge is -2.24. The molecule has 29 heavy (non-hydrogen) atoms. The second-order valence-electron chi connectivity index (χ2n) is 6.61. The van der Waals surface area contributed by atoms with Gasteiger partial charge in [-0.15, -0.1) is 0 Å². The topological polar surface area (TPSA) is 58.1 Å². The quantitative estimate of drug-likeness (QED) is 0.589. The van der Waals surface area contributed by atoms with Gasteiger partial charge in [-0.3, -0.25) is 4.79 Å². The number of nitrogens with zero attached hydrogens (tertiary/aromatic N) is 3. The van der Waals surface area contributed by atoms with Gasteiger partial charge in [0.05, 0.1) is 11.1 Å². The lowest BCUT2D eigenvalue weighted by molar-refractivity contribution is -0.137. The van der Waals surface area contributed by atoms with Gasteiger partial charge in [0.25, 0.3) is 5.91 Å². The van der Waals surface area contributed by atoms with Gasteiger partial charge in [0, 0.05) is 50.1 Å². The minimum atomic E-state index is -4.75. The summed E-state index contributed by atoms with van der Waals surface area (Å²) in [6, 6.07) is 2.76. The van der Waals surface area contributed by atoms with Crippen LogP contribution in [0.1, 0.15) is 35.2 Å². The van der Waals surface area contributed by atoms with Crippen molar-refractivity contribution in [2.45, 2.75) is 31.4 Å². The van der Waals surface area contributed by atoms with Crippen LogP contribution < -0.4 is 10.2 Å². The van der Waals surface area contributed by atoms with Crippen LogP contribution in [0.15, 0.2) is 30.6 Å². The SMILES string of the molecule is O=C(Nc1ccnc(F)c1)c1cc(C(F)(F)F)cnc1N1CCCC(F)(F)CC1. The third-order valence-electron chi connectivity index (χ3n) is 4.44. The van der Waals surface area contributed by atoms with Crippen molar-refractivity contribution in [3.63, 3.8) is 0 Å². The molecular weight excluding hydrogens is 402 g/mol. The number of amides is 1. The molecule has 5 nitrogen and oxygen atoms in total. The number of anilines is 2.